The van der Waals surface area contributed by atoms with Crippen molar-refractivity contribution in [2.45, 2.75) is 45.9 Å². The van der Waals surface area contributed by atoms with Crippen LogP contribution in [0.15, 0.2) is 54.6 Å². The van der Waals surface area contributed by atoms with E-state index in [-0.39, 0.29) is 18.2 Å². The number of aliphatic carboxylic acids is 1. The van der Waals surface area contributed by atoms with Gasteiger partial charge < -0.3 is 20.5 Å². The van der Waals surface area contributed by atoms with Crippen molar-refractivity contribution in [3.63, 3.8) is 0 Å². The lowest BCUT2D eigenvalue weighted by Crippen LogP contribution is -2.53. The number of carboxylic acid groups (broad SMARTS) is 1. The third kappa shape index (κ3) is 7.24. The number of amides is 2. The molecule has 0 heterocycles. The molecule has 2 amide bonds. The maximum Gasteiger partial charge on any atom is 0.326 e. The van der Waals surface area contributed by atoms with E-state index >= 15 is 0 Å². The van der Waals surface area contributed by atoms with Gasteiger partial charge in [-0.2, -0.15) is 0 Å². The first-order chi connectivity index (χ1) is 14.3. The van der Waals surface area contributed by atoms with Crippen LogP contribution in [0.25, 0.3) is 0 Å². The molecule has 2 aromatic rings. The number of carbonyl (C=O) groups is 3. The molecule has 0 aromatic heterocycles. The summed E-state index contributed by atoms with van der Waals surface area (Å²) in [6, 6.07) is 15.0. The molecule has 2 rings (SSSR count). The van der Waals surface area contributed by atoms with Gasteiger partial charge in [0.15, 0.2) is 0 Å². The maximum atomic E-state index is 12.5. The van der Waals surface area contributed by atoms with Crippen LogP contribution in [-0.4, -0.2) is 35.0 Å². The van der Waals surface area contributed by atoms with Crippen molar-refractivity contribution in [1.82, 2.24) is 10.6 Å². The van der Waals surface area contributed by atoms with E-state index in [4.69, 9.17) is 4.74 Å². The van der Waals surface area contributed by atoms with E-state index in [1.165, 1.54) is 6.92 Å². The monoisotopic (exact) mass is 412 g/mol. The zero-order valence-corrected chi connectivity index (χ0v) is 17.4. The van der Waals surface area contributed by atoms with Gasteiger partial charge in [0.1, 0.15) is 24.4 Å². The molecule has 7 heteroatoms. The second-order valence-electron chi connectivity index (χ2n) is 7.44. The fourth-order valence-electron chi connectivity index (χ4n) is 2.91. The van der Waals surface area contributed by atoms with Gasteiger partial charge in [-0.1, -0.05) is 56.3 Å². The number of nitrogens with one attached hydrogen (secondary N) is 2. The Labute approximate surface area is 176 Å². The van der Waals surface area contributed by atoms with Gasteiger partial charge in [0.05, 0.1) is 0 Å². The molecule has 0 fully saturated rings. The molecule has 0 saturated carbocycles. The molecule has 160 valence electrons. The number of hydrogen-bond donors (Lipinski definition) is 3. The molecular formula is C23H28N2O5. The number of carbonyl (C=O) groups excluding carboxylic acids is 2. The molecular weight excluding hydrogens is 384 g/mol. The lowest BCUT2D eigenvalue weighted by Gasteiger charge is -2.23. The second kappa shape index (κ2) is 11.0. The van der Waals surface area contributed by atoms with E-state index in [9.17, 15) is 19.5 Å². The SMILES string of the molecule is CC(=O)N[C@@H](C(=O)N[C@H](Cc1ccc(OCc2ccccc2)cc1)C(=O)O)C(C)C. The summed E-state index contributed by atoms with van der Waals surface area (Å²) in [7, 11) is 0. The average molecular weight is 412 g/mol. The lowest BCUT2D eigenvalue weighted by atomic mass is 10.0. The predicted octanol–water partition coefficient (Wildman–Crippen LogP) is 2.54. The molecule has 0 unspecified atom stereocenters. The largest absolute Gasteiger partial charge is 0.489 e. The molecule has 0 spiro atoms. The van der Waals surface area contributed by atoms with Crippen LogP contribution in [0.4, 0.5) is 0 Å². The van der Waals surface area contributed by atoms with Crippen LogP contribution in [0.2, 0.25) is 0 Å². The van der Waals surface area contributed by atoms with E-state index in [1.54, 1.807) is 38.1 Å². The Morgan fingerprint density at radius 3 is 2.10 bits per heavy atom. The number of carboxylic acids is 1. The molecule has 3 N–H and O–H groups in total. The Kier molecular flexibility index (Phi) is 8.41. The first kappa shape index (κ1) is 22.9. The van der Waals surface area contributed by atoms with Gasteiger partial charge >= 0.3 is 5.97 Å². The quantitative estimate of drug-likeness (QED) is 0.556. The van der Waals surface area contributed by atoms with Crippen molar-refractivity contribution >= 4 is 17.8 Å². The van der Waals surface area contributed by atoms with Crippen molar-refractivity contribution in [3.8, 4) is 5.75 Å². The van der Waals surface area contributed by atoms with Crippen LogP contribution in [0, 0.1) is 5.92 Å². The molecule has 30 heavy (non-hydrogen) atoms. The smallest absolute Gasteiger partial charge is 0.326 e. The van der Waals surface area contributed by atoms with Gasteiger partial charge in [-0.25, -0.2) is 4.79 Å². The number of benzene rings is 2. The van der Waals surface area contributed by atoms with E-state index in [0.29, 0.717) is 12.4 Å². The van der Waals surface area contributed by atoms with Crippen LogP contribution in [-0.2, 0) is 27.4 Å². The molecule has 0 saturated heterocycles. The fourth-order valence-corrected chi connectivity index (χ4v) is 2.91. The van der Waals surface area contributed by atoms with Crippen molar-refractivity contribution in [1.29, 1.82) is 0 Å². The molecule has 0 aliphatic carbocycles. The maximum absolute atomic E-state index is 12.5. The highest BCUT2D eigenvalue weighted by Crippen LogP contribution is 2.16. The van der Waals surface area contributed by atoms with E-state index < -0.39 is 24.0 Å². The number of rotatable bonds is 10. The number of hydrogen-bond acceptors (Lipinski definition) is 4. The minimum absolute atomic E-state index is 0.116. The van der Waals surface area contributed by atoms with Gasteiger partial charge in [0.2, 0.25) is 11.8 Å². The van der Waals surface area contributed by atoms with Crippen LogP contribution < -0.4 is 15.4 Å². The first-order valence-corrected chi connectivity index (χ1v) is 9.82. The summed E-state index contributed by atoms with van der Waals surface area (Å²) < 4.78 is 5.73. The summed E-state index contributed by atoms with van der Waals surface area (Å²) in [5.41, 5.74) is 1.80. The zero-order chi connectivity index (χ0) is 22.1. The highest BCUT2D eigenvalue weighted by atomic mass is 16.5. The molecule has 0 aliphatic rings. The van der Waals surface area contributed by atoms with Crippen LogP contribution >= 0.6 is 0 Å². The van der Waals surface area contributed by atoms with Crippen LogP contribution in [0.1, 0.15) is 31.9 Å². The number of ether oxygens (including phenoxy) is 1. The Morgan fingerprint density at radius 2 is 1.57 bits per heavy atom. The summed E-state index contributed by atoms with van der Waals surface area (Å²) in [6.07, 6.45) is 0.116. The van der Waals surface area contributed by atoms with Crippen LogP contribution in [0.3, 0.4) is 0 Å². The summed E-state index contributed by atoms with van der Waals surface area (Å²) >= 11 is 0. The van der Waals surface area contributed by atoms with E-state index in [2.05, 4.69) is 10.6 Å². The fraction of sp³-hybridized carbons (Fsp3) is 0.348. The first-order valence-electron chi connectivity index (χ1n) is 9.82. The molecule has 0 aliphatic heterocycles. The Hall–Kier alpha value is -3.35. The van der Waals surface area contributed by atoms with Gasteiger partial charge in [0, 0.05) is 13.3 Å². The molecule has 0 bridgehead atoms. The predicted molar refractivity (Wildman–Crippen MR) is 113 cm³/mol. The summed E-state index contributed by atoms with van der Waals surface area (Å²) in [5, 5.41) is 14.6. The molecule has 0 radical (unpaired) electrons. The summed E-state index contributed by atoms with van der Waals surface area (Å²) in [5.74, 6) is -1.51. The topological polar surface area (TPSA) is 105 Å². The Bertz CT molecular complexity index is 850. The standard InChI is InChI=1S/C23H28N2O5/c1-15(2)21(24-16(3)26)22(27)25-20(23(28)29)13-17-9-11-19(12-10-17)30-14-18-7-5-4-6-8-18/h4-12,15,20-21H,13-14H2,1-3H3,(H,24,26)(H,25,27)(H,28,29)/t20-,21-/m1/s1. The highest BCUT2D eigenvalue weighted by Gasteiger charge is 2.28. The van der Waals surface area contributed by atoms with Crippen molar-refractivity contribution in [3.05, 3.63) is 65.7 Å². The zero-order valence-electron chi connectivity index (χ0n) is 17.4. The van der Waals surface area contributed by atoms with Crippen LogP contribution in [0.5, 0.6) is 5.75 Å². The lowest BCUT2D eigenvalue weighted by molar-refractivity contribution is -0.142. The van der Waals surface area contributed by atoms with Gasteiger partial charge in [-0.3, -0.25) is 9.59 Å². The second-order valence-corrected chi connectivity index (χ2v) is 7.44. The van der Waals surface area contributed by atoms with Crippen molar-refractivity contribution in [2.24, 2.45) is 5.92 Å². The minimum atomic E-state index is -1.14. The molecule has 7 nitrogen and oxygen atoms in total. The molecule has 2 aromatic carbocycles. The summed E-state index contributed by atoms with van der Waals surface area (Å²) in [4.78, 5) is 35.5. The van der Waals surface area contributed by atoms with Gasteiger partial charge in [0.25, 0.3) is 0 Å². The third-order valence-electron chi connectivity index (χ3n) is 4.53. The third-order valence-corrected chi connectivity index (χ3v) is 4.53. The van der Waals surface area contributed by atoms with E-state index in [0.717, 1.165) is 11.1 Å². The highest BCUT2D eigenvalue weighted by molar-refractivity contribution is 5.90. The van der Waals surface area contributed by atoms with Crippen molar-refractivity contribution < 1.29 is 24.2 Å². The Morgan fingerprint density at radius 1 is 0.933 bits per heavy atom. The average Bonchev–Trinajstić information content (AvgIpc) is 2.71. The van der Waals surface area contributed by atoms with E-state index in [1.807, 2.05) is 30.3 Å². The van der Waals surface area contributed by atoms with Crippen molar-refractivity contribution in [2.75, 3.05) is 0 Å². The minimum Gasteiger partial charge on any atom is -0.489 e. The Balaban J connectivity index is 1.98. The van der Waals surface area contributed by atoms with Gasteiger partial charge in [-0.05, 0) is 29.2 Å². The molecule has 2 atom stereocenters. The normalized spacial score (nSPS) is 12.7. The van der Waals surface area contributed by atoms with Gasteiger partial charge in [-0.15, -0.1) is 0 Å². The summed E-state index contributed by atoms with van der Waals surface area (Å²) in [6.45, 7) is 5.32.